The number of esters is 1. The van der Waals surface area contributed by atoms with Crippen LogP contribution < -0.4 is 0 Å². The van der Waals surface area contributed by atoms with Gasteiger partial charge in [0.25, 0.3) is 0 Å². The van der Waals surface area contributed by atoms with Gasteiger partial charge in [0, 0.05) is 0 Å². The molecule has 1 rings (SSSR count). The fourth-order valence-corrected chi connectivity index (χ4v) is 1.15. The Kier molecular flexibility index (Phi) is 2.12. The molecule has 0 aliphatic carbocycles. The van der Waals surface area contributed by atoms with E-state index in [2.05, 4.69) is 4.74 Å². The summed E-state index contributed by atoms with van der Waals surface area (Å²) in [6.07, 6.45) is 0.529. The maximum Gasteiger partial charge on any atom is 0.345 e. The Morgan fingerprint density at radius 1 is 1.73 bits per heavy atom. The topological polar surface area (TPSA) is 63.6 Å². The van der Waals surface area contributed by atoms with Crippen LogP contribution in [0, 0.1) is 5.92 Å². The van der Waals surface area contributed by atoms with Gasteiger partial charge in [-0.05, 0) is 6.42 Å². The van der Waals surface area contributed by atoms with Crippen molar-refractivity contribution in [3.63, 3.8) is 0 Å². The number of carboxylic acids is 1. The molecule has 0 bridgehead atoms. The third-order valence-electron chi connectivity index (χ3n) is 1.75. The van der Waals surface area contributed by atoms with Crippen molar-refractivity contribution in [2.75, 3.05) is 0 Å². The molecule has 1 heterocycles. The quantitative estimate of drug-likeness (QED) is 0.604. The zero-order valence-corrected chi connectivity index (χ0v) is 6.24. The molecule has 0 aromatic carbocycles. The average molecular weight is 158 g/mol. The Hall–Kier alpha value is -1.06. The van der Waals surface area contributed by atoms with E-state index in [0.717, 1.165) is 6.42 Å². The fraction of sp³-hybridized carbons (Fsp3) is 0.714. The van der Waals surface area contributed by atoms with Crippen molar-refractivity contribution in [2.45, 2.75) is 25.9 Å². The molecule has 1 saturated heterocycles. The van der Waals surface area contributed by atoms with Crippen molar-refractivity contribution in [2.24, 2.45) is 5.92 Å². The summed E-state index contributed by atoms with van der Waals surface area (Å²) in [5.41, 5.74) is 0. The first kappa shape index (κ1) is 8.04. The van der Waals surface area contributed by atoms with Crippen molar-refractivity contribution in [3.8, 4) is 0 Å². The lowest BCUT2D eigenvalue weighted by molar-refractivity contribution is -0.196. The molecule has 0 aromatic rings. The average Bonchev–Trinajstić information content (AvgIpc) is 1.95. The van der Waals surface area contributed by atoms with Crippen molar-refractivity contribution < 1.29 is 19.4 Å². The minimum absolute atomic E-state index is 0.376. The van der Waals surface area contributed by atoms with Crippen LogP contribution in [-0.2, 0) is 14.3 Å². The molecule has 1 N–H and O–H groups in total. The summed E-state index contributed by atoms with van der Waals surface area (Å²) < 4.78 is 4.43. The van der Waals surface area contributed by atoms with Gasteiger partial charge in [-0.25, -0.2) is 4.79 Å². The molecule has 0 radical (unpaired) electrons. The third-order valence-corrected chi connectivity index (χ3v) is 1.75. The van der Waals surface area contributed by atoms with Crippen LogP contribution >= 0.6 is 0 Å². The number of rotatable bonds is 3. The maximum atomic E-state index is 10.6. The molecule has 4 nitrogen and oxygen atoms in total. The van der Waals surface area contributed by atoms with E-state index in [0.29, 0.717) is 6.42 Å². The molecule has 0 amide bonds. The smallest absolute Gasteiger partial charge is 0.345 e. The molecule has 1 aliphatic heterocycles. The van der Waals surface area contributed by atoms with Gasteiger partial charge in [-0.15, -0.1) is 0 Å². The summed E-state index contributed by atoms with van der Waals surface area (Å²) in [6.45, 7) is 1.91. The van der Waals surface area contributed by atoms with Gasteiger partial charge >= 0.3 is 11.9 Å². The molecule has 11 heavy (non-hydrogen) atoms. The molecular formula is C7H10O4. The highest BCUT2D eigenvalue weighted by molar-refractivity contribution is 5.90. The second-order valence-electron chi connectivity index (χ2n) is 2.59. The Labute approximate surface area is 64.2 Å². The largest absolute Gasteiger partial charge is 0.478 e. The lowest BCUT2D eigenvalue weighted by atomic mass is 9.92. The first-order chi connectivity index (χ1) is 5.16. The molecule has 1 fully saturated rings. The van der Waals surface area contributed by atoms with E-state index in [1.807, 2.05) is 6.92 Å². The third kappa shape index (κ3) is 1.34. The van der Waals surface area contributed by atoms with Gasteiger partial charge in [0.1, 0.15) is 5.92 Å². The SMILES string of the molecule is CCC[C@H]1C(=O)O[C@H]1C(=O)O. The van der Waals surface area contributed by atoms with Gasteiger partial charge in [-0.1, -0.05) is 13.3 Å². The number of cyclic esters (lactones) is 1. The number of hydrogen-bond acceptors (Lipinski definition) is 3. The summed E-state index contributed by atoms with van der Waals surface area (Å²) in [5.74, 6) is -1.82. The van der Waals surface area contributed by atoms with Crippen LogP contribution in [0.2, 0.25) is 0 Å². The van der Waals surface area contributed by atoms with E-state index in [1.54, 1.807) is 0 Å². The summed E-state index contributed by atoms with van der Waals surface area (Å²) in [5, 5.41) is 8.47. The molecule has 0 aromatic heterocycles. The molecule has 1 aliphatic rings. The van der Waals surface area contributed by atoms with Gasteiger partial charge in [0.05, 0.1) is 0 Å². The van der Waals surface area contributed by atoms with E-state index in [1.165, 1.54) is 0 Å². The highest BCUT2D eigenvalue weighted by Gasteiger charge is 2.46. The molecule has 62 valence electrons. The summed E-state index contributed by atoms with van der Waals surface area (Å²) in [4.78, 5) is 21.0. The van der Waals surface area contributed by atoms with Crippen molar-refractivity contribution in [3.05, 3.63) is 0 Å². The Morgan fingerprint density at radius 2 is 2.36 bits per heavy atom. The van der Waals surface area contributed by atoms with E-state index in [4.69, 9.17) is 5.11 Å². The molecule has 0 unspecified atom stereocenters. The Bertz CT molecular complexity index is 187. The summed E-state index contributed by atoms with van der Waals surface area (Å²) in [7, 11) is 0. The van der Waals surface area contributed by atoms with E-state index < -0.39 is 18.0 Å². The predicted molar refractivity (Wildman–Crippen MR) is 35.9 cm³/mol. The van der Waals surface area contributed by atoms with Gasteiger partial charge in [0.15, 0.2) is 0 Å². The van der Waals surface area contributed by atoms with Crippen LogP contribution in [0.3, 0.4) is 0 Å². The second-order valence-corrected chi connectivity index (χ2v) is 2.59. The van der Waals surface area contributed by atoms with Crippen molar-refractivity contribution in [1.82, 2.24) is 0 Å². The normalized spacial score (nSPS) is 29.0. The number of ether oxygens (including phenoxy) is 1. The van der Waals surface area contributed by atoms with Crippen LogP contribution in [0.15, 0.2) is 0 Å². The molecule has 0 spiro atoms. The van der Waals surface area contributed by atoms with Crippen LogP contribution in [-0.4, -0.2) is 23.1 Å². The van der Waals surface area contributed by atoms with Gasteiger partial charge in [-0.2, -0.15) is 0 Å². The lowest BCUT2D eigenvalue weighted by Crippen LogP contribution is -2.49. The van der Waals surface area contributed by atoms with Crippen molar-refractivity contribution >= 4 is 11.9 Å². The maximum absolute atomic E-state index is 10.6. The summed E-state index contributed by atoms with van der Waals surface area (Å²) in [6, 6.07) is 0. The molecule has 0 saturated carbocycles. The molecule has 4 heteroatoms. The highest BCUT2D eigenvalue weighted by atomic mass is 16.6. The first-order valence-electron chi connectivity index (χ1n) is 3.60. The number of hydrogen-bond donors (Lipinski definition) is 1. The van der Waals surface area contributed by atoms with Crippen LogP contribution in [0.4, 0.5) is 0 Å². The second kappa shape index (κ2) is 2.90. The Morgan fingerprint density at radius 3 is 2.73 bits per heavy atom. The number of carbonyl (C=O) groups is 2. The van der Waals surface area contributed by atoms with E-state index >= 15 is 0 Å². The number of carbonyl (C=O) groups excluding carboxylic acids is 1. The van der Waals surface area contributed by atoms with E-state index in [9.17, 15) is 9.59 Å². The minimum atomic E-state index is -1.04. The number of carboxylic acid groups (broad SMARTS) is 1. The predicted octanol–water partition coefficient (Wildman–Crippen LogP) is 0.413. The monoisotopic (exact) mass is 158 g/mol. The van der Waals surface area contributed by atoms with Gasteiger partial charge in [0.2, 0.25) is 6.10 Å². The highest BCUT2D eigenvalue weighted by Crippen LogP contribution is 2.26. The first-order valence-corrected chi connectivity index (χ1v) is 3.60. The van der Waals surface area contributed by atoms with Gasteiger partial charge in [-0.3, -0.25) is 4.79 Å². The standard InChI is InChI=1S/C7H10O4/c1-2-3-4-5(6(8)9)11-7(4)10/h4-5H,2-3H2,1H3,(H,8,9)/t4-,5-/m1/s1. The van der Waals surface area contributed by atoms with E-state index in [-0.39, 0.29) is 5.97 Å². The molecule has 2 atom stereocenters. The zero-order valence-electron chi connectivity index (χ0n) is 6.24. The van der Waals surface area contributed by atoms with Gasteiger partial charge < -0.3 is 9.84 Å². The van der Waals surface area contributed by atoms with Crippen molar-refractivity contribution in [1.29, 1.82) is 0 Å². The van der Waals surface area contributed by atoms with Crippen LogP contribution in [0.5, 0.6) is 0 Å². The lowest BCUT2D eigenvalue weighted by Gasteiger charge is -2.31. The summed E-state index contributed by atoms with van der Waals surface area (Å²) >= 11 is 0. The Balaban J connectivity index is 2.47. The van der Waals surface area contributed by atoms with Crippen LogP contribution in [0.25, 0.3) is 0 Å². The minimum Gasteiger partial charge on any atom is -0.478 e. The molecular weight excluding hydrogens is 148 g/mol. The zero-order chi connectivity index (χ0) is 8.43. The van der Waals surface area contributed by atoms with Crippen LogP contribution in [0.1, 0.15) is 19.8 Å². The number of aliphatic carboxylic acids is 1. The fourth-order valence-electron chi connectivity index (χ4n) is 1.15.